The van der Waals surface area contributed by atoms with Crippen LogP contribution >= 0.6 is 15.6 Å². The molecule has 0 aromatic rings. The number of phosphoric acid groups is 2. The fourth-order valence-electron chi connectivity index (χ4n) is 13.9. The van der Waals surface area contributed by atoms with Gasteiger partial charge in [0.1, 0.15) is 19.3 Å². The van der Waals surface area contributed by atoms with Gasteiger partial charge in [-0.3, -0.25) is 37.3 Å². The van der Waals surface area contributed by atoms with Crippen LogP contribution in [0.2, 0.25) is 0 Å². The smallest absolute Gasteiger partial charge is 0.462 e. The number of hydrogen-bond donors (Lipinski definition) is 3. The van der Waals surface area contributed by atoms with Crippen molar-refractivity contribution < 1.29 is 80.2 Å². The van der Waals surface area contributed by atoms with Crippen molar-refractivity contribution in [1.82, 2.24) is 0 Å². The Morgan fingerprint density at radius 2 is 0.472 bits per heavy atom. The zero-order valence-electron chi connectivity index (χ0n) is 71.2. The van der Waals surface area contributed by atoms with E-state index in [9.17, 15) is 43.2 Å². The molecule has 0 amide bonds. The van der Waals surface area contributed by atoms with Gasteiger partial charge in [-0.25, -0.2) is 9.13 Å². The highest BCUT2D eigenvalue weighted by atomic mass is 31.2. The average Bonchev–Trinajstić information content (AvgIpc) is 0.898. The molecule has 0 bridgehead atoms. The number of aliphatic hydroxyl groups excluding tert-OH is 1. The van der Waals surface area contributed by atoms with Crippen molar-refractivity contribution in [3.05, 3.63) is 0 Å². The van der Waals surface area contributed by atoms with Gasteiger partial charge in [-0.1, -0.05) is 427 Å². The van der Waals surface area contributed by atoms with Crippen molar-refractivity contribution in [1.29, 1.82) is 0 Å². The van der Waals surface area contributed by atoms with Crippen LogP contribution < -0.4 is 0 Å². The SMILES string of the molecule is CCCCCCCCCCCCCCCCCCCCCCCC(=O)O[C@H](COC(=O)CCCCCCCCCCCCCCCCCCCCCC)COP(=O)(O)OC[C@@H](O)COP(=O)(O)OC[C@@H](COC(=O)CCCCCCCCCCC(C)CC)OC(=O)CCCCCCCCCCCCCCC(C)C. The van der Waals surface area contributed by atoms with Crippen LogP contribution in [0, 0.1) is 11.8 Å². The highest BCUT2D eigenvalue weighted by molar-refractivity contribution is 7.47. The summed E-state index contributed by atoms with van der Waals surface area (Å²) >= 11 is 0. The topological polar surface area (TPSA) is 237 Å². The van der Waals surface area contributed by atoms with E-state index in [1.165, 1.54) is 295 Å². The van der Waals surface area contributed by atoms with Crippen molar-refractivity contribution >= 4 is 39.5 Å². The molecule has 17 nitrogen and oxygen atoms in total. The van der Waals surface area contributed by atoms with Gasteiger partial charge in [0.05, 0.1) is 26.4 Å². The first kappa shape index (κ1) is 106. The minimum absolute atomic E-state index is 0.107. The van der Waals surface area contributed by atoms with Gasteiger partial charge >= 0.3 is 39.5 Å². The van der Waals surface area contributed by atoms with E-state index in [1.54, 1.807) is 0 Å². The number of rotatable bonds is 88. The van der Waals surface area contributed by atoms with Gasteiger partial charge in [-0.15, -0.1) is 0 Å². The van der Waals surface area contributed by atoms with E-state index in [1.807, 2.05) is 0 Å². The Labute approximate surface area is 664 Å². The molecule has 0 fully saturated rings. The molecule has 0 aliphatic carbocycles. The molecule has 0 aliphatic rings. The molecule has 0 aliphatic heterocycles. The maximum atomic E-state index is 13.2. The molecule has 0 aromatic heterocycles. The van der Waals surface area contributed by atoms with E-state index in [0.29, 0.717) is 25.7 Å². The average molecular weight is 1580 g/mol. The number of ether oxygens (including phenoxy) is 4. The lowest BCUT2D eigenvalue weighted by atomic mass is 9.99. The molecule has 642 valence electrons. The van der Waals surface area contributed by atoms with Crippen molar-refractivity contribution in [3.63, 3.8) is 0 Å². The van der Waals surface area contributed by atoms with Crippen molar-refractivity contribution in [3.8, 4) is 0 Å². The molecule has 3 unspecified atom stereocenters. The molecule has 6 atom stereocenters. The normalized spacial score (nSPS) is 14.0. The summed E-state index contributed by atoms with van der Waals surface area (Å²) in [6, 6.07) is 0. The predicted molar refractivity (Wildman–Crippen MR) is 446 cm³/mol. The van der Waals surface area contributed by atoms with E-state index >= 15 is 0 Å². The number of unbranched alkanes of at least 4 members (excludes halogenated alkanes) is 57. The van der Waals surface area contributed by atoms with Crippen molar-refractivity contribution in [2.24, 2.45) is 11.8 Å². The standard InChI is InChI=1S/C89H174O17P2/c1-7-10-12-14-16-18-20-22-24-26-28-30-32-34-36-38-43-47-55-61-67-73-88(93)105-84(77-99-86(91)71-65-59-53-46-42-37-35-33-31-29-27-25-23-21-19-17-15-13-11-8-2)79-103-107(95,96)101-75-83(90)76-102-108(97,98)104-80-85(78-100-87(92)72-66-60-54-50-49-52-58-64-70-82(6)9-3)106-89(94)74-68-62-56-48-44-40-39-41-45-51-57-63-69-81(4)5/h81-85,90H,7-80H2,1-6H3,(H,95,96)(H,97,98)/t82?,83-,84-,85-/m1/s1. The molecule has 0 rings (SSSR count). The van der Waals surface area contributed by atoms with Gasteiger partial charge in [0, 0.05) is 25.7 Å². The third kappa shape index (κ3) is 80.7. The maximum absolute atomic E-state index is 13.2. The molecule has 0 spiro atoms. The number of carbonyl (C=O) groups is 4. The van der Waals surface area contributed by atoms with Crippen molar-refractivity contribution in [2.75, 3.05) is 39.6 Å². The van der Waals surface area contributed by atoms with Crippen molar-refractivity contribution in [2.45, 2.75) is 496 Å². The minimum Gasteiger partial charge on any atom is -0.462 e. The first-order valence-electron chi connectivity index (χ1n) is 46.0. The Bertz CT molecular complexity index is 2070. The molecule has 19 heteroatoms. The van der Waals surface area contributed by atoms with Crippen LogP contribution in [0.4, 0.5) is 0 Å². The molecular formula is C89H174O17P2. The van der Waals surface area contributed by atoms with Crippen LogP contribution in [0.3, 0.4) is 0 Å². The molecule has 0 heterocycles. The van der Waals surface area contributed by atoms with Crippen LogP contribution in [0.25, 0.3) is 0 Å². The fourth-order valence-corrected chi connectivity index (χ4v) is 15.5. The highest BCUT2D eigenvalue weighted by Gasteiger charge is 2.31. The first-order valence-corrected chi connectivity index (χ1v) is 49.0. The quantitative estimate of drug-likeness (QED) is 0.0222. The van der Waals surface area contributed by atoms with Crippen LogP contribution in [-0.4, -0.2) is 96.7 Å². The summed E-state index contributed by atoms with van der Waals surface area (Å²) in [5, 5.41) is 10.7. The van der Waals surface area contributed by atoms with Crippen LogP contribution in [-0.2, 0) is 65.4 Å². The maximum Gasteiger partial charge on any atom is 0.472 e. The van der Waals surface area contributed by atoms with E-state index in [0.717, 1.165) is 102 Å². The number of esters is 4. The summed E-state index contributed by atoms with van der Waals surface area (Å²) in [5.41, 5.74) is 0. The van der Waals surface area contributed by atoms with E-state index in [-0.39, 0.29) is 25.7 Å². The Hall–Kier alpha value is -1.94. The van der Waals surface area contributed by atoms with Gasteiger partial charge in [0.15, 0.2) is 12.2 Å². The minimum atomic E-state index is -4.97. The Kier molecular flexibility index (Phi) is 78.8. The summed E-state index contributed by atoms with van der Waals surface area (Å²) in [4.78, 5) is 73.4. The first-order chi connectivity index (χ1) is 52.4. The molecule has 0 saturated heterocycles. The second-order valence-corrected chi connectivity index (χ2v) is 35.6. The third-order valence-electron chi connectivity index (χ3n) is 21.3. The summed E-state index contributed by atoms with van der Waals surface area (Å²) in [5.74, 6) is -0.546. The summed E-state index contributed by atoms with van der Waals surface area (Å²) < 4.78 is 69.0. The molecule has 0 radical (unpaired) electrons. The van der Waals surface area contributed by atoms with Crippen LogP contribution in [0.15, 0.2) is 0 Å². The Morgan fingerprint density at radius 1 is 0.269 bits per heavy atom. The molecule has 0 aromatic carbocycles. The largest absolute Gasteiger partial charge is 0.472 e. The third-order valence-corrected chi connectivity index (χ3v) is 23.2. The summed E-state index contributed by atoms with van der Waals surface area (Å²) in [6.45, 7) is 9.70. The number of aliphatic hydroxyl groups is 1. The van der Waals surface area contributed by atoms with E-state index in [4.69, 9.17) is 37.0 Å². The van der Waals surface area contributed by atoms with Gasteiger partial charge in [-0.05, 0) is 37.5 Å². The van der Waals surface area contributed by atoms with Crippen LogP contribution in [0.1, 0.15) is 478 Å². The van der Waals surface area contributed by atoms with Gasteiger partial charge in [0.2, 0.25) is 0 Å². The lowest BCUT2D eigenvalue weighted by Crippen LogP contribution is -2.30. The monoisotopic (exact) mass is 1580 g/mol. The second kappa shape index (κ2) is 80.3. The highest BCUT2D eigenvalue weighted by Crippen LogP contribution is 2.45. The number of phosphoric ester groups is 2. The second-order valence-electron chi connectivity index (χ2n) is 32.7. The lowest BCUT2D eigenvalue weighted by molar-refractivity contribution is -0.161. The Balaban J connectivity index is 5.24. The summed E-state index contributed by atoms with van der Waals surface area (Å²) in [7, 11) is -9.93. The molecule has 0 saturated carbocycles. The Morgan fingerprint density at radius 3 is 0.704 bits per heavy atom. The fraction of sp³-hybridized carbons (Fsp3) is 0.955. The molecular weight excluding hydrogens is 1400 g/mol. The van der Waals surface area contributed by atoms with Gasteiger partial charge in [0.25, 0.3) is 0 Å². The van der Waals surface area contributed by atoms with E-state index in [2.05, 4.69) is 41.5 Å². The lowest BCUT2D eigenvalue weighted by Gasteiger charge is -2.21. The predicted octanol–water partition coefficient (Wildman–Crippen LogP) is 27.4. The van der Waals surface area contributed by atoms with E-state index < -0.39 is 97.5 Å². The van der Waals surface area contributed by atoms with Gasteiger partial charge in [-0.2, -0.15) is 0 Å². The van der Waals surface area contributed by atoms with Gasteiger partial charge < -0.3 is 33.8 Å². The zero-order chi connectivity index (χ0) is 79.2. The van der Waals surface area contributed by atoms with Crippen LogP contribution in [0.5, 0.6) is 0 Å². The summed E-state index contributed by atoms with van der Waals surface area (Å²) in [6.07, 6.45) is 73.7. The zero-order valence-corrected chi connectivity index (χ0v) is 73.0. The molecule has 108 heavy (non-hydrogen) atoms. The number of carbonyl (C=O) groups excluding carboxylic acids is 4. The molecule has 3 N–H and O–H groups in total. The number of hydrogen-bond acceptors (Lipinski definition) is 15.